The number of para-hydroxylation sites is 1. The number of fused-ring (bicyclic) bond motifs is 5. The third-order valence-corrected chi connectivity index (χ3v) is 7.16. The van der Waals surface area contributed by atoms with Crippen molar-refractivity contribution >= 4 is 27.7 Å². The molecule has 6 nitrogen and oxygen atoms in total. The molecule has 0 fully saturated rings. The number of nitrogens with zero attached hydrogens (tertiary/aromatic N) is 3. The molecule has 1 atom stereocenters. The van der Waals surface area contributed by atoms with E-state index in [0.717, 1.165) is 55.7 Å². The normalized spacial score (nSPS) is 18.4. The van der Waals surface area contributed by atoms with Gasteiger partial charge < -0.3 is 9.88 Å². The maximum absolute atomic E-state index is 13.5. The lowest BCUT2D eigenvalue weighted by Crippen LogP contribution is -2.38. The average Bonchev–Trinajstić information content (AvgIpc) is 3.03. The second-order valence-electron chi connectivity index (χ2n) is 9.01. The molecule has 0 spiro atoms. The largest absolute Gasteiger partial charge is 0.356 e. The molecule has 162 valence electrons. The Kier molecular flexibility index (Phi) is 4.42. The van der Waals surface area contributed by atoms with Gasteiger partial charge in [0.2, 0.25) is 0 Å². The van der Waals surface area contributed by atoms with E-state index in [1.165, 1.54) is 10.9 Å². The van der Waals surface area contributed by atoms with Crippen molar-refractivity contribution in [2.24, 2.45) is 0 Å². The molecule has 32 heavy (non-hydrogen) atoms. The SMILES string of the molecule is CC1c2[nH]c3ccccc3c2CCN1C(=O)c1ccc2c(=O)n3c(nc2c1)CCCCC3. The van der Waals surface area contributed by atoms with Crippen molar-refractivity contribution in [3.63, 3.8) is 0 Å². The molecule has 2 aliphatic heterocycles. The standard InChI is InChI=1S/C26H26N4O2/c1-16-24-19(18-7-4-5-8-21(18)28-24)12-14-29(16)25(31)17-10-11-20-22(15-17)27-23-9-3-2-6-13-30(23)26(20)32/h4-5,7-8,10-11,15-16,28H,2-3,6,9,12-14H2,1H3. The van der Waals surface area contributed by atoms with E-state index in [4.69, 9.17) is 4.98 Å². The summed E-state index contributed by atoms with van der Waals surface area (Å²) in [7, 11) is 0. The van der Waals surface area contributed by atoms with Crippen molar-refractivity contribution in [3.05, 3.63) is 75.5 Å². The molecule has 6 heteroatoms. The van der Waals surface area contributed by atoms with Gasteiger partial charge in [0.25, 0.3) is 11.5 Å². The van der Waals surface area contributed by atoms with Crippen molar-refractivity contribution in [2.45, 2.75) is 51.6 Å². The van der Waals surface area contributed by atoms with E-state index < -0.39 is 0 Å². The summed E-state index contributed by atoms with van der Waals surface area (Å²) in [5, 5.41) is 1.84. The number of nitrogens with one attached hydrogen (secondary N) is 1. The zero-order valence-corrected chi connectivity index (χ0v) is 18.2. The van der Waals surface area contributed by atoms with Gasteiger partial charge in [0.15, 0.2) is 0 Å². The Morgan fingerprint density at radius 1 is 1.03 bits per heavy atom. The van der Waals surface area contributed by atoms with E-state index in [1.54, 1.807) is 18.2 Å². The number of carbonyl (C=O) groups is 1. The third-order valence-electron chi connectivity index (χ3n) is 7.16. The first-order valence-electron chi connectivity index (χ1n) is 11.6. The van der Waals surface area contributed by atoms with Gasteiger partial charge in [-0.1, -0.05) is 24.6 Å². The van der Waals surface area contributed by atoms with E-state index in [-0.39, 0.29) is 17.5 Å². The van der Waals surface area contributed by atoms with Crippen LogP contribution in [0.2, 0.25) is 0 Å². The van der Waals surface area contributed by atoms with Crippen LogP contribution in [0.4, 0.5) is 0 Å². The van der Waals surface area contributed by atoms with Crippen molar-refractivity contribution in [3.8, 4) is 0 Å². The van der Waals surface area contributed by atoms with Gasteiger partial charge in [-0.25, -0.2) is 4.98 Å². The molecule has 2 aromatic heterocycles. The molecule has 4 heterocycles. The molecule has 6 rings (SSSR count). The van der Waals surface area contributed by atoms with Crippen LogP contribution in [0, 0.1) is 0 Å². The monoisotopic (exact) mass is 426 g/mol. The fourth-order valence-corrected chi connectivity index (χ4v) is 5.42. The highest BCUT2D eigenvalue weighted by molar-refractivity contribution is 5.98. The molecule has 1 amide bonds. The van der Waals surface area contributed by atoms with Gasteiger partial charge in [0.1, 0.15) is 5.82 Å². The van der Waals surface area contributed by atoms with Crippen LogP contribution in [0.3, 0.4) is 0 Å². The number of aromatic nitrogens is 3. The van der Waals surface area contributed by atoms with E-state index in [2.05, 4.69) is 30.1 Å². The minimum atomic E-state index is -0.0417. The van der Waals surface area contributed by atoms with Crippen LogP contribution < -0.4 is 5.56 Å². The summed E-state index contributed by atoms with van der Waals surface area (Å²) >= 11 is 0. The van der Waals surface area contributed by atoms with Crippen molar-refractivity contribution in [1.29, 1.82) is 0 Å². The highest BCUT2D eigenvalue weighted by Crippen LogP contribution is 2.35. The Labute approximate surface area is 185 Å². The van der Waals surface area contributed by atoms with Crippen molar-refractivity contribution in [1.82, 2.24) is 19.4 Å². The number of amides is 1. The summed E-state index contributed by atoms with van der Waals surface area (Å²) in [6.07, 6.45) is 4.82. The zero-order valence-electron chi connectivity index (χ0n) is 18.2. The van der Waals surface area contributed by atoms with Gasteiger partial charge in [0.05, 0.1) is 16.9 Å². The van der Waals surface area contributed by atoms with E-state index >= 15 is 0 Å². The zero-order chi connectivity index (χ0) is 21.8. The minimum absolute atomic E-state index is 0.0134. The summed E-state index contributed by atoms with van der Waals surface area (Å²) < 4.78 is 1.82. The lowest BCUT2D eigenvalue weighted by Gasteiger charge is -2.33. The number of aromatic amines is 1. The number of H-pyrrole nitrogens is 1. The number of carbonyl (C=O) groups excluding carboxylic acids is 1. The molecular weight excluding hydrogens is 400 g/mol. The van der Waals surface area contributed by atoms with E-state index in [0.29, 0.717) is 23.0 Å². The van der Waals surface area contributed by atoms with Crippen LogP contribution in [0.15, 0.2) is 47.3 Å². The Hall–Kier alpha value is -3.41. The first-order valence-corrected chi connectivity index (χ1v) is 11.6. The summed E-state index contributed by atoms with van der Waals surface area (Å²) in [5.41, 5.74) is 4.79. The maximum atomic E-state index is 13.5. The quantitative estimate of drug-likeness (QED) is 0.492. The lowest BCUT2D eigenvalue weighted by molar-refractivity contribution is 0.0675. The van der Waals surface area contributed by atoms with Crippen molar-refractivity contribution < 1.29 is 4.79 Å². The molecule has 4 aromatic rings. The van der Waals surface area contributed by atoms with Gasteiger partial charge in [0, 0.05) is 41.7 Å². The summed E-state index contributed by atoms with van der Waals surface area (Å²) in [6, 6.07) is 13.6. The fourth-order valence-electron chi connectivity index (χ4n) is 5.42. The van der Waals surface area contributed by atoms with Crippen LogP contribution in [0.5, 0.6) is 0 Å². The van der Waals surface area contributed by atoms with Crippen LogP contribution in [0.1, 0.15) is 59.7 Å². The molecule has 1 N–H and O–H groups in total. The van der Waals surface area contributed by atoms with Gasteiger partial charge in [-0.3, -0.25) is 14.2 Å². The smallest absolute Gasteiger partial charge is 0.261 e. The number of hydrogen-bond donors (Lipinski definition) is 1. The van der Waals surface area contributed by atoms with Crippen LogP contribution in [0.25, 0.3) is 21.8 Å². The third kappa shape index (κ3) is 2.89. The summed E-state index contributed by atoms with van der Waals surface area (Å²) in [4.78, 5) is 36.8. The highest BCUT2D eigenvalue weighted by atomic mass is 16.2. The van der Waals surface area contributed by atoms with Crippen LogP contribution in [-0.2, 0) is 19.4 Å². The minimum Gasteiger partial charge on any atom is -0.356 e. The van der Waals surface area contributed by atoms with Crippen LogP contribution >= 0.6 is 0 Å². The molecule has 0 aliphatic carbocycles. The molecule has 2 aromatic carbocycles. The maximum Gasteiger partial charge on any atom is 0.261 e. The fraction of sp³-hybridized carbons (Fsp3) is 0.346. The average molecular weight is 427 g/mol. The predicted octanol–water partition coefficient (Wildman–Crippen LogP) is 4.36. The number of benzene rings is 2. The van der Waals surface area contributed by atoms with Crippen molar-refractivity contribution in [2.75, 3.05) is 6.54 Å². The highest BCUT2D eigenvalue weighted by Gasteiger charge is 2.31. The van der Waals surface area contributed by atoms with E-state index in [9.17, 15) is 9.59 Å². The van der Waals surface area contributed by atoms with Crippen LogP contribution in [-0.4, -0.2) is 31.9 Å². The molecule has 0 saturated heterocycles. The van der Waals surface area contributed by atoms with Gasteiger partial charge >= 0.3 is 0 Å². The Morgan fingerprint density at radius 2 is 1.91 bits per heavy atom. The van der Waals surface area contributed by atoms with Gasteiger partial charge in [-0.05, 0) is 56.0 Å². The second kappa shape index (κ2) is 7.33. The number of aryl methyl sites for hydroxylation is 1. The lowest BCUT2D eigenvalue weighted by atomic mass is 9.97. The Bertz CT molecular complexity index is 1430. The molecule has 2 aliphatic rings. The number of hydrogen-bond acceptors (Lipinski definition) is 3. The van der Waals surface area contributed by atoms with Gasteiger partial charge in [-0.15, -0.1) is 0 Å². The Balaban J connectivity index is 1.37. The molecule has 1 unspecified atom stereocenters. The summed E-state index contributed by atoms with van der Waals surface area (Å²) in [5.74, 6) is 0.833. The molecule has 0 saturated carbocycles. The molecule has 0 bridgehead atoms. The second-order valence-corrected chi connectivity index (χ2v) is 9.01. The Morgan fingerprint density at radius 3 is 2.81 bits per heavy atom. The first-order chi connectivity index (χ1) is 15.6. The number of rotatable bonds is 1. The topological polar surface area (TPSA) is 71.0 Å². The first kappa shape index (κ1) is 19.3. The molecule has 0 radical (unpaired) electrons. The molecular formula is C26H26N4O2. The predicted molar refractivity (Wildman–Crippen MR) is 125 cm³/mol. The van der Waals surface area contributed by atoms with E-state index in [1.807, 2.05) is 15.5 Å². The summed E-state index contributed by atoms with van der Waals surface area (Å²) in [6.45, 7) is 3.49. The van der Waals surface area contributed by atoms with Gasteiger partial charge in [-0.2, -0.15) is 0 Å².